The summed E-state index contributed by atoms with van der Waals surface area (Å²) < 4.78 is 10.9. The van der Waals surface area contributed by atoms with Crippen molar-refractivity contribution in [3.8, 4) is 28.7 Å². The molecule has 0 radical (unpaired) electrons. The van der Waals surface area contributed by atoms with Crippen molar-refractivity contribution in [2.75, 3.05) is 14.2 Å². The second kappa shape index (κ2) is 7.00. The van der Waals surface area contributed by atoms with E-state index < -0.39 is 0 Å². The highest BCUT2D eigenvalue weighted by Gasteiger charge is 2.10. The zero-order valence-corrected chi connectivity index (χ0v) is 13.8. The summed E-state index contributed by atoms with van der Waals surface area (Å²) in [5, 5.41) is 8.26. The minimum atomic E-state index is 0.489. The fourth-order valence-corrected chi connectivity index (χ4v) is 2.30. The minimum Gasteiger partial charge on any atom is -0.497 e. The molecule has 24 heavy (non-hydrogen) atoms. The molecule has 5 nitrogen and oxygen atoms in total. The molecule has 0 unspecified atom stereocenters. The van der Waals surface area contributed by atoms with Crippen LogP contribution in [0.3, 0.4) is 0 Å². The van der Waals surface area contributed by atoms with Gasteiger partial charge in [-0.2, -0.15) is 0 Å². The van der Waals surface area contributed by atoms with Crippen molar-refractivity contribution in [1.82, 2.24) is 15.1 Å². The van der Waals surface area contributed by atoms with Crippen LogP contribution in [-0.2, 0) is 6.54 Å². The second-order valence-corrected chi connectivity index (χ2v) is 5.44. The van der Waals surface area contributed by atoms with E-state index in [1.165, 1.54) is 5.56 Å². The molecule has 2 aromatic carbocycles. The van der Waals surface area contributed by atoms with Crippen LogP contribution in [-0.4, -0.2) is 29.3 Å². The van der Waals surface area contributed by atoms with E-state index in [4.69, 9.17) is 9.15 Å². The van der Waals surface area contributed by atoms with Crippen molar-refractivity contribution in [2.45, 2.75) is 6.54 Å². The summed E-state index contributed by atoms with van der Waals surface area (Å²) in [5.41, 5.74) is 2.95. The van der Waals surface area contributed by atoms with Gasteiger partial charge >= 0.3 is 0 Å². The normalized spacial score (nSPS) is 10.4. The van der Waals surface area contributed by atoms with E-state index in [1.54, 1.807) is 13.3 Å². The topological polar surface area (TPSA) is 51.4 Å². The van der Waals surface area contributed by atoms with Gasteiger partial charge in [0.15, 0.2) is 0 Å². The molecule has 0 N–H and O–H groups in total. The van der Waals surface area contributed by atoms with E-state index in [0.29, 0.717) is 11.8 Å². The van der Waals surface area contributed by atoms with E-state index in [0.717, 1.165) is 23.4 Å². The smallest absolute Gasteiger partial charge is 0.248 e. The summed E-state index contributed by atoms with van der Waals surface area (Å²) in [7, 11) is 3.62. The Kier molecular flexibility index (Phi) is 4.61. The lowest BCUT2D eigenvalue weighted by Gasteiger charge is -2.12. The first-order valence-corrected chi connectivity index (χ1v) is 7.59. The third kappa shape index (κ3) is 3.46. The van der Waals surface area contributed by atoms with Gasteiger partial charge in [0.1, 0.15) is 5.75 Å². The molecular formula is C19H19N3O2. The number of hydrogen-bond donors (Lipinski definition) is 0. The Morgan fingerprint density at radius 2 is 1.54 bits per heavy atom. The molecule has 0 spiro atoms. The maximum atomic E-state index is 5.78. The standard InChI is InChI=1S/C19H19N3O2/c1-4-22(2)13-14-5-7-15(8-6-14)18-20-21-19(24-18)16-9-11-17(23-3)12-10-16/h4-12H,1,13H2,2-3H3. The fraction of sp³-hybridized carbons (Fsp3) is 0.158. The van der Waals surface area contributed by atoms with Gasteiger partial charge in [-0.1, -0.05) is 18.7 Å². The molecule has 1 aromatic heterocycles. The van der Waals surface area contributed by atoms with Crippen molar-refractivity contribution in [1.29, 1.82) is 0 Å². The lowest BCUT2D eigenvalue weighted by molar-refractivity contribution is 0.415. The molecule has 0 aliphatic rings. The molecular weight excluding hydrogens is 302 g/mol. The van der Waals surface area contributed by atoms with Gasteiger partial charge in [-0.05, 0) is 48.2 Å². The predicted octanol–water partition coefficient (Wildman–Crippen LogP) is 3.99. The van der Waals surface area contributed by atoms with Crippen LogP contribution in [0, 0.1) is 0 Å². The number of rotatable bonds is 6. The van der Waals surface area contributed by atoms with Crippen LogP contribution in [0.1, 0.15) is 5.56 Å². The van der Waals surface area contributed by atoms with Crippen LogP contribution in [0.2, 0.25) is 0 Å². The predicted molar refractivity (Wildman–Crippen MR) is 93.4 cm³/mol. The molecule has 3 aromatic rings. The largest absolute Gasteiger partial charge is 0.497 e. The third-order valence-corrected chi connectivity index (χ3v) is 3.71. The van der Waals surface area contributed by atoms with E-state index in [9.17, 15) is 0 Å². The SMILES string of the molecule is C=CN(C)Cc1ccc(-c2nnc(-c3ccc(OC)cc3)o2)cc1. The highest BCUT2D eigenvalue weighted by Crippen LogP contribution is 2.25. The van der Waals surface area contributed by atoms with Crippen LogP contribution >= 0.6 is 0 Å². The fourth-order valence-electron chi connectivity index (χ4n) is 2.30. The van der Waals surface area contributed by atoms with Crippen LogP contribution in [0.4, 0.5) is 0 Å². The average molecular weight is 321 g/mol. The van der Waals surface area contributed by atoms with Crippen molar-refractivity contribution in [2.24, 2.45) is 0 Å². The number of ether oxygens (including phenoxy) is 1. The van der Waals surface area contributed by atoms with Gasteiger partial charge in [0.25, 0.3) is 0 Å². The highest BCUT2D eigenvalue weighted by atomic mass is 16.5. The summed E-state index contributed by atoms with van der Waals surface area (Å²) in [6.07, 6.45) is 1.80. The summed E-state index contributed by atoms with van der Waals surface area (Å²) in [6, 6.07) is 15.6. The van der Waals surface area contributed by atoms with Gasteiger partial charge in [0.2, 0.25) is 11.8 Å². The van der Waals surface area contributed by atoms with Gasteiger partial charge in [0, 0.05) is 24.7 Å². The second-order valence-electron chi connectivity index (χ2n) is 5.44. The number of hydrogen-bond acceptors (Lipinski definition) is 5. The molecule has 5 heteroatoms. The Labute approximate surface area is 141 Å². The van der Waals surface area contributed by atoms with Crippen molar-refractivity contribution < 1.29 is 9.15 Å². The monoisotopic (exact) mass is 321 g/mol. The molecule has 0 aliphatic heterocycles. The molecule has 0 atom stereocenters. The Hall–Kier alpha value is -3.08. The molecule has 0 bridgehead atoms. The molecule has 122 valence electrons. The highest BCUT2D eigenvalue weighted by molar-refractivity contribution is 5.58. The van der Waals surface area contributed by atoms with Crippen molar-refractivity contribution >= 4 is 0 Å². The summed E-state index contributed by atoms with van der Waals surface area (Å²) >= 11 is 0. The minimum absolute atomic E-state index is 0.489. The number of aromatic nitrogens is 2. The zero-order valence-electron chi connectivity index (χ0n) is 13.8. The zero-order chi connectivity index (χ0) is 16.9. The Balaban J connectivity index is 1.78. The lowest BCUT2D eigenvalue weighted by Crippen LogP contribution is -2.08. The van der Waals surface area contributed by atoms with Gasteiger partial charge in [-0.25, -0.2) is 0 Å². The number of benzene rings is 2. The number of methoxy groups -OCH3 is 1. The summed E-state index contributed by atoms with van der Waals surface area (Å²) in [5.74, 6) is 1.78. The van der Waals surface area contributed by atoms with Gasteiger partial charge in [0.05, 0.1) is 7.11 Å². The van der Waals surface area contributed by atoms with Crippen LogP contribution in [0.15, 0.2) is 65.7 Å². The van der Waals surface area contributed by atoms with Crippen LogP contribution in [0.5, 0.6) is 5.75 Å². The number of nitrogens with zero attached hydrogens (tertiary/aromatic N) is 3. The molecule has 0 amide bonds. The first kappa shape index (κ1) is 15.8. The lowest BCUT2D eigenvalue weighted by atomic mass is 10.1. The third-order valence-electron chi connectivity index (χ3n) is 3.71. The van der Waals surface area contributed by atoms with Crippen molar-refractivity contribution in [3.63, 3.8) is 0 Å². The van der Waals surface area contributed by atoms with Crippen molar-refractivity contribution in [3.05, 3.63) is 66.9 Å². The molecule has 1 heterocycles. The molecule has 0 aliphatic carbocycles. The first-order valence-electron chi connectivity index (χ1n) is 7.59. The maximum absolute atomic E-state index is 5.78. The van der Waals surface area contributed by atoms with E-state index >= 15 is 0 Å². The molecule has 0 saturated heterocycles. The van der Waals surface area contributed by atoms with E-state index in [2.05, 4.69) is 16.8 Å². The van der Waals surface area contributed by atoms with Gasteiger partial charge in [-0.15, -0.1) is 10.2 Å². The van der Waals surface area contributed by atoms with Gasteiger partial charge in [-0.3, -0.25) is 0 Å². The Morgan fingerprint density at radius 1 is 1.00 bits per heavy atom. The van der Waals surface area contributed by atoms with E-state index in [-0.39, 0.29) is 0 Å². The Bertz CT molecular complexity index is 807. The average Bonchev–Trinajstić information content (AvgIpc) is 3.12. The van der Waals surface area contributed by atoms with Crippen LogP contribution in [0.25, 0.3) is 22.9 Å². The maximum Gasteiger partial charge on any atom is 0.248 e. The van der Waals surface area contributed by atoms with E-state index in [1.807, 2.05) is 60.5 Å². The summed E-state index contributed by atoms with van der Waals surface area (Å²) in [6.45, 7) is 4.56. The quantitative estimate of drug-likeness (QED) is 0.687. The summed E-state index contributed by atoms with van der Waals surface area (Å²) in [4.78, 5) is 2.02. The molecule has 0 saturated carbocycles. The Morgan fingerprint density at radius 3 is 2.04 bits per heavy atom. The van der Waals surface area contributed by atoms with Gasteiger partial charge < -0.3 is 14.1 Å². The molecule has 0 fully saturated rings. The van der Waals surface area contributed by atoms with Crippen LogP contribution < -0.4 is 4.74 Å². The first-order chi connectivity index (χ1) is 11.7. The molecule has 3 rings (SSSR count).